The molecule has 0 amide bonds. The lowest BCUT2D eigenvalue weighted by Crippen LogP contribution is -1.91. The van der Waals surface area contributed by atoms with Crippen molar-refractivity contribution in [2.75, 3.05) is 0 Å². The first-order valence-corrected chi connectivity index (χ1v) is 10.2. The quantitative estimate of drug-likeness (QED) is 0.314. The SMILES string of the molecule is c1ccc(-c2ccc3c(c2)Sc2ccc(-c4ccccc4)cc2S3)cc1. The van der Waals surface area contributed by atoms with E-state index in [1.165, 1.54) is 41.8 Å². The molecule has 0 radical (unpaired) electrons. The Morgan fingerprint density at radius 2 is 0.769 bits per heavy atom. The molecule has 0 unspecified atom stereocenters. The van der Waals surface area contributed by atoms with Crippen molar-refractivity contribution in [3.8, 4) is 22.3 Å². The van der Waals surface area contributed by atoms with Crippen LogP contribution in [0.4, 0.5) is 0 Å². The Morgan fingerprint density at radius 1 is 0.346 bits per heavy atom. The second-order valence-electron chi connectivity index (χ2n) is 6.26. The minimum Gasteiger partial charge on any atom is -0.0877 e. The van der Waals surface area contributed by atoms with E-state index in [-0.39, 0.29) is 0 Å². The summed E-state index contributed by atoms with van der Waals surface area (Å²) in [4.78, 5) is 5.37. The average molecular weight is 369 g/mol. The van der Waals surface area contributed by atoms with Gasteiger partial charge in [0.2, 0.25) is 0 Å². The fraction of sp³-hybridized carbons (Fsp3) is 0. The molecule has 4 aromatic rings. The summed E-state index contributed by atoms with van der Waals surface area (Å²) in [6.45, 7) is 0. The normalized spacial score (nSPS) is 12.3. The third kappa shape index (κ3) is 2.96. The first kappa shape index (κ1) is 15.8. The lowest BCUT2D eigenvalue weighted by molar-refractivity contribution is 1.16. The summed E-state index contributed by atoms with van der Waals surface area (Å²) in [6, 6.07) is 34.8. The van der Waals surface area contributed by atoms with E-state index in [1.54, 1.807) is 0 Å². The highest BCUT2D eigenvalue weighted by Crippen LogP contribution is 2.50. The second kappa shape index (κ2) is 6.71. The highest BCUT2D eigenvalue weighted by atomic mass is 32.2. The zero-order chi connectivity index (χ0) is 17.3. The van der Waals surface area contributed by atoms with Crippen molar-refractivity contribution in [2.24, 2.45) is 0 Å². The Bertz CT molecular complexity index is 981. The van der Waals surface area contributed by atoms with E-state index in [1.807, 2.05) is 23.5 Å². The molecule has 0 spiro atoms. The van der Waals surface area contributed by atoms with Crippen molar-refractivity contribution >= 4 is 23.5 Å². The van der Waals surface area contributed by atoms with Gasteiger partial charge in [-0.1, -0.05) is 96.3 Å². The Balaban J connectivity index is 1.50. The third-order valence-corrected chi connectivity index (χ3v) is 7.07. The van der Waals surface area contributed by atoms with Gasteiger partial charge in [0.25, 0.3) is 0 Å². The van der Waals surface area contributed by atoms with Crippen molar-refractivity contribution < 1.29 is 0 Å². The molecule has 5 rings (SSSR count). The summed E-state index contributed by atoms with van der Waals surface area (Å²) in [5.41, 5.74) is 5.10. The van der Waals surface area contributed by atoms with Crippen molar-refractivity contribution in [2.45, 2.75) is 19.6 Å². The van der Waals surface area contributed by atoms with Gasteiger partial charge in [0.05, 0.1) is 0 Å². The predicted octanol–water partition coefficient (Wildman–Crippen LogP) is 7.64. The maximum Gasteiger partial charge on any atom is 0.0268 e. The maximum absolute atomic E-state index is 2.32. The van der Waals surface area contributed by atoms with Gasteiger partial charge < -0.3 is 0 Å². The van der Waals surface area contributed by atoms with E-state index < -0.39 is 0 Å². The molecular formula is C24H16S2. The number of benzene rings is 4. The van der Waals surface area contributed by atoms with Crippen LogP contribution in [0.3, 0.4) is 0 Å². The van der Waals surface area contributed by atoms with Crippen molar-refractivity contribution in [1.82, 2.24) is 0 Å². The molecule has 4 aromatic carbocycles. The maximum atomic E-state index is 2.32. The molecule has 0 aliphatic carbocycles. The van der Waals surface area contributed by atoms with Gasteiger partial charge in [0.15, 0.2) is 0 Å². The molecule has 0 N–H and O–H groups in total. The van der Waals surface area contributed by atoms with Gasteiger partial charge in [-0.3, -0.25) is 0 Å². The van der Waals surface area contributed by atoms with Gasteiger partial charge in [-0.05, 0) is 46.5 Å². The number of hydrogen-bond donors (Lipinski definition) is 0. The molecule has 0 aromatic heterocycles. The summed E-state index contributed by atoms with van der Waals surface area (Å²) >= 11 is 3.75. The first-order chi connectivity index (χ1) is 12.9. The van der Waals surface area contributed by atoms with Crippen LogP contribution >= 0.6 is 23.5 Å². The van der Waals surface area contributed by atoms with Gasteiger partial charge in [-0.15, -0.1) is 0 Å². The number of hydrogen-bond acceptors (Lipinski definition) is 2. The highest BCUT2D eigenvalue weighted by Gasteiger charge is 2.18. The summed E-state index contributed by atoms with van der Waals surface area (Å²) in [5, 5.41) is 0. The van der Waals surface area contributed by atoms with Crippen LogP contribution in [0.25, 0.3) is 22.3 Å². The monoisotopic (exact) mass is 368 g/mol. The minimum atomic E-state index is 1.27. The topological polar surface area (TPSA) is 0 Å². The zero-order valence-electron chi connectivity index (χ0n) is 14.1. The molecule has 1 aliphatic rings. The predicted molar refractivity (Wildman–Crippen MR) is 112 cm³/mol. The van der Waals surface area contributed by atoms with Crippen molar-refractivity contribution in [1.29, 1.82) is 0 Å². The van der Waals surface area contributed by atoms with E-state index in [0.29, 0.717) is 0 Å². The smallest absolute Gasteiger partial charge is 0.0268 e. The fourth-order valence-electron chi connectivity index (χ4n) is 3.20. The number of rotatable bonds is 2. The van der Waals surface area contributed by atoms with Crippen LogP contribution in [-0.2, 0) is 0 Å². The van der Waals surface area contributed by atoms with Gasteiger partial charge in [0.1, 0.15) is 0 Å². The molecule has 0 atom stereocenters. The molecule has 0 bridgehead atoms. The summed E-state index contributed by atoms with van der Waals surface area (Å²) in [5.74, 6) is 0. The Labute approximate surface area is 162 Å². The van der Waals surface area contributed by atoms with Crippen molar-refractivity contribution in [3.63, 3.8) is 0 Å². The molecule has 0 saturated heterocycles. The summed E-state index contributed by atoms with van der Waals surface area (Å²) in [7, 11) is 0. The standard InChI is InChI=1S/C24H16S2/c1-3-7-17(8-4-1)19-11-13-21-23(15-19)25-22-14-12-20(16-24(22)26-21)18-9-5-2-6-10-18/h1-16H. The summed E-state index contributed by atoms with van der Waals surface area (Å²) in [6.07, 6.45) is 0. The lowest BCUT2D eigenvalue weighted by Gasteiger charge is -2.20. The van der Waals surface area contributed by atoms with E-state index in [9.17, 15) is 0 Å². The van der Waals surface area contributed by atoms with Crippen LogP contribution in [0, 0.1) is 0 Å². The Hall–Kier alpha value is -2.42. The molecule has 1 heterocycles. The van der Waals surface area contributed by atoms with Crippen LogP contribution in [0.2, 0.25) is 0 Å². The van der Waals surface area contributed by atoms with Crippen LogP contribution < -0.4 is 0 Å². The molecule has 0 fully saturated rings. The Morgan fingerprint density at radius 3 is 1.19 bits per heavy atom. The molecular weight excluding hydrogens is 352 g/mol. The molecule has 124 valence electrons. The first-order valence-electron chi connectivity index (χ1n) is 8.61. The van der Waals surface area contributed by atoms with Crippen molar-refractivity contribution in [3.05, 3.63) is 97.1 Å². The van der Waals surface area contributed by atoms with Gasteiger partial charge in [0, 0.05) is 19.6 Å². The van der Waals surface area contributed by atoms with Crippen LogP contribution in [0.1, 0.15) is 0 Å². The Kier molecular flexibility index (Phi) is 4.08. The lowest BCUT2D eigenvalue weighted by atomic mass is 10.1. The van der Waals surface area contributed by atoms with E-state index >= 15 is 0 Å². The molecule has 0 saturated carbocycles. The largest absolute Gasteiger partial charge is 0.0877 e. The summed E-state index contributed by atoms with van der Waals surface area (Å²) < 4.78 is 0. The zero-order valence-corrected chi connectivity index (χ0v) is 15.7. The molecule has 2 heteroatoms. The second-order valence-corrected chi connectivity index (χ2v) is 8.43. The molecule has 26 heavy (non-hydrogen) atoms. The molecule has 0 nitrogen and oxygen atoms in total. The van der Waals surface area contributed by atoms with Gasteiger partial charge in [-0.25, -0.2) is 0 Å². The third-order valence-electron chi connectivity index (χ3n) is 4.54. The minimum absolute atomic E-state index is 1.27. The molecule has 1 aliphatic heterocycles. The van der Waals surface area contributed by atoms with Crippen LogP contribution in [0.15, 0.2) is 117 Å². The van der Waals surface area contributed by atoms with Crippen LogP contribution in [-0.4, -0.2) is 0 Å². The highest BCUT2D eigenvalue weighted by molar-refractivity contribution is 8.05. The van der Waals surface area contributed by atoms with E-state index in [0.717, 1.165) is 0 Å². The number of fused-ring (bicyclic) bond motifs is 2. The fourth-order valence-corrected chi connectivity index (χ4v) is 5.48. The average Bonchev–Trinajstić information content (AvgIpc) is 2.73. The van der Waals surface area contributed by atoms with Gasteiger partial charge in [-0.2, -0.15) is 0 Å². The van der Waals surface area contributed by atoms with Crippen LogP contribution in [0.5, 0.6) is 0 Å². The van der Waals surface area contributed by atoms with E-state index in [4.69, 9.17) is 0 Å². The van der Waals surface area contributed by atoms with E-state index in [2.05, 4.69) is 97.1 Å². The van der Waals surface area contributed by atoms with Gasteiger partial charge >= 0.3 is 0 Å².